The second kappa shape index (κ2) is 5.40. The van der Waals surface area contributed by atoms with Crippen LogP contribution < -0.4 is 0 Å². The van der Waals surface area contributed by atoms with Crippen molar-refractivity contribution in [2.45, 2.75) is 38.6 Å². The van der Waals surface area contributed by atoms with Gasteiger partial charge in [0.25, 0.3) is 0 Å². The molecule has 0 bridgehead atoms. The van der Waals surface area contributed by atoms with Gasteiger partial charge in [0.2, 0.25) is 0 Å². The number of aryl methyl sites for hydroxylation is 1. The maximum Gasteiger partial charge on any atom is 0.308 e. The molecule has 1 fully saturated rings. The topological polar surface area (TPSA) is 102 Å². The number of sulfone groups is 1. The van der Waals surface area contributed by atoms with Gasteiger partial charge < -0.3 is 5.11 Å². The lowest BCUT2D eigenvalue weighted by molar-refractivity contribution is -0.142. The molecule has 0 amide bonds. The van der Waals surface area contributed by atoms with Crippen LogP contribution in [0.5, 0.6) is 0 Å². The van der Waals surface area contributed by atoms with Crippen molar-refractivity contribution in [2.24, 2.45) is 11.8 Å². The molecule has 0 spiro atoms. The van der Waals surface area contributed by atoms with Crippen LogP contribution in [0.2, 0.25) is 0 Å². The SMILES string of the molecule is O=C(O)C1CCc2nc(CC3CCS(=O)(=O)CC3)nn2C1. The molecule has 1 saturated heterocycles. The third-order valence-electron chi connectivity index (χ3n) is 4.40. The van der Waals surface area contributed by atoms with Crippen LogP contribution >= 0.6 is 0 Å². The second-order valence-electron chi connectivity index (χ2n) is 6.00. The largest absolute Gasteiger partial charge is 0.481 e. The van der Waals surface area contributed by atoms with Gasteiger partial charge in [0.15, 0.2) is 5.82 Å². The van der Waals surface area contributed by atoms with Crippen molar-refractivity contribution in [1.29, 1.82) is 0 Å². The van der Waals surface area contributed by atoms with Gasteiger partial charge in [-0.2, -0.15) is 5.10 Å². The molecule has 8 heteroatoms. The fraction of sp³-hybridized carbons (Fsp3) is 0.769. The van der Waals surface area contributed by atoms with Crippen molar-refractivity contribution in [1.82, 2.24) is 14.8 Å². The molecule has 21 heavy (non-hydrogen) atoms. The van der Waals surface area contributed by atoms with Crippen LogP contribution in [0.25, 0.3) is 0 Å². The van der Waals surface area contributed by atoms with Gasteiger partial charge in [0, 0.05) is 12.8 Å². The molecule has 1 aromatic rings. The normalized spacial score (nSPS) is 25.4. The fourth-order valence-electron chi connectivity index (χ4n) is 3.05. The van der Waals surface area contributed by atoms with Crippen molar-refractivity contribution < 1.29 is 18.3 Å². The molecule has 1 aromatic heterocycles. The molecule has 2 aliphatic rings. The maximum atomic E-state index is 11.4. The second-order valence-corrected chi connectivity index (χ2v) is 8.30. The van der Waals surface area contributed by atoms with Gasteiger partial charge in [-0.3, -0.25) is 4.79 Å². The van der Waals surface area contributed by atoms with Crippen LogP contribution in [0, 0.1) is 11.8 Å². The first-order chi connectivity index (χ1) is 9.93. The molecule has 116 valence electrons. The van der Waals surface area contributed by atoms with Crippen LogP contribution in [0.3, 0.4) is 0 Å². The Morgan fingerprint density at radius 2 is 2.00 bits per heavy atom. The van der Waals surface area contributed by atoms with Gasteiger partial charge in [-0.25, -0.2) is 18.1 Å². The summed E-state index contributed by atoms with van der Waals surface area (Å²) < 4.78 is 24.5. The minimum absolute atomic E-state index is 0.256. The summed E-state index contributed by atoms with van der Waals surface area (Å²) >= 11 is 0. The zero-order chi connectivity index (χ0) is 15.0. The van der Waals surface area contributed by atoms with Crippen molar-refractivity contribution in [2.75, 3.05) is 11.5 Å². The quantitative estimate of drug-likeness (QED) is 0.860. The summed E-state index contributed by atoms with van der Waals surface area (Å²) in [6.07, 6.45) is 3.28. The zero-order valence-corrected chi connectivity index (χ0v) is 12.5. The van der Waals surface area contributed by atoms with Crippen LogP contribution in [-0.2, 0) is 34.0 Å². The van der Waals surface area contributed by atoms with Gasteiger partial charge in [-0.15, -0.1) is 0 Å². The molecule has 1 atom stereocenters. The van der Waals surface area contributed by atoms with Crippen LogP contribution in [0.15, 0.2) is 0 Å². The highest BCUT2D eigenvalue weighted by atomic mass is 32.2. The molecule has 0 radical (unpaired) electrons. The average Bonchev–Trinajstić information content (AvgIpc) is 2.82. The predicted octanol–water partition coefficient (Wildman–Crippen LogP) is 0.292. The van der Waals surface area contributed by atoms with Crippen molar-refractivity contribution in [3.63, 3.8) is 0 Å². The first-order valence-corrected chi connectivity index (χ1v) is 9.11. The average molecular weight is 313 g/mol. The van der Waals surface area contributed by atoms with Gasteiger partial charge in [0.05, 0.1) is 24.0 Å². The van der Waals surface area contributed by atoms with E-state index in [9.17, 15) is 13.2 Å². The molecule has 0 aliphatic carbocycles. The molecule has 7 nitrogen and oxygen atoms in total. The van der Waals surface area contributed by atoms with Crippen LogP contribution in [-0.4, -0.2) is 45.8 Å². The summed E-state index contributed by atoms with van der Waals surface area (Å²) in [5.41, 5.74) is 0. The molecule has 1 unspecified atom stereocenters. The van der Waals surface area contributed by atoms with E-state index in [1.54, 1.807) is 4.68 Å². The Morgan fingerprint density at radius 3 is 2.67 bits per heavy atom. The Hall–Kier alpha value is -1.44. The lowest BCUT2D eigenvalue weighted by Gasteiger charge is -2.20. The molecule has 1 N–H and O–H groups in total. The summed E-state index contributed by atoms with van der Waals surface area (Å²) in [5.74, 6) is 1.24. The summed E-state index contributed by atoms with van der Waals surface area (Å²) in [6.45, 7) is 0.386. The van der Waals surface area contributed by atoms with Crippen LogP contribution in [0.4, 0.5) is 0 Å². The highest BCUT2D eigenvalue weighted by molar-refractivity contribution is 7.91. The van der Waals surface area contributed by atoms with Gasteiger partial charge >= 0.3 is 5.97 Å². The monoisotopic (exact) mass is 313 g/mol. The Balaban J connectivity index is 1.65. The van der Waals surface area contributed by atoms with Gasteiger partial charge in [-0.05, 0) is 25.2 Å². The van der Waals surface area contributed by atoms with E-state index in [4.69, 9.17) is 5.11 Å². The number of fused-ring (bicyclic) bond motifs is 1. The van der Waals surface area contributed by atoms with Gasteiger partial charge in [0.1, 0.15) is 15.7 Å². The number of carboxylic acid groups (broad SMARTS) is 1. The molecule has 3 heterocycles. The number of hydrogen-bond acceptors (Lipinski definition) is 5. The number of hydrogen-bond donors (Lipinski definition) is 1. The van der Waals surface area contributed by atoms with Gasteiger partial charge in [-0.1, -0.05) is 0 Å². The predicted molar refractivity (Wildman–Crippen MR) is 74.6 cm³/mol. The first kappa shape index (κ1) is 14.5. The Morgan fingerprint density at radius 1 is 1.29 bits per heavy atom. The Kier molecular flexibility index (Phi) is 3.73. The molecular formula is C13H19N3O4S. The maximum absolute atomic E-state index is 11.4. The molecule has 0 saturated carbocycles. The third kappa shape index (κ3) is 3.25. The number of carboxylic acids is 1. The Labute approximate surface area is 123 Å². The highest BCUT2D eigenvalue weighted by Gasteiger charge is 2.28. The lowest BCUT2D eigenvalue weighted by Crippen LogP contribution is -2.27. The van der Waals surface area contributed by atoms with E-state index in [0.29, 0.717) is 44.6 Å². The number of aromatic nitrogens is 3. The van der Waals surface area contributed by atoms with Crippen molar-refractivity contribution >= 4 is 15.8 Å². The van der Waals surface area contributed by atoms with E-state index in [0.717, 1.165) is 11.6 Å². The smallest absolute Gasteiger partial charge is 0.308 e. The zero-order valence-electron chi connectivity index (χ0n) is 11.7. The highest BCUT2D eigenvalue weighted by Crippen LogP contribution is 2.24. The fourth-order valence-corrected chi connectivity index (χ4v) is 4.64. The third-order valence-corrected chi connectivity index (χ3v) is 6.11. The number of carbonyl (C=O) groups is 1. The van der Waals surface area contributed by atoms with E-state index in [2.05, 4.69) is 10.1 Å². The number of aliphatic carboxylic acids is 1. The van der Waals surface area contributed by atoms with Crippen molar-refractivity contribution in [3.05, 3.63) is 11.6 Å². The Bertz CT molecular complexity index is 638. The summed E-state index contributed by atoms with van der Waals surface area (Å²) in [4.78, 5) is 15.5. The standard InChI is InChI=1S/C13H19N3O4S/c17-13(18)10-1-2-12-14-11(15-16(12)8-10)7-9-3-5-21(19,20)6-4-9/h9-10H,1-8H2,(H,17,18). The minimum Gasteiger partial charge on any atom is -0.481 e. The summed E-state index contributed by atoms with van der Waals surface area (Å²) in [6, 6.07) is 0. The van der Waals surface area contributed by atoms with Crippen LogP contribution in [0.1, 0.15) is 30.9 Å². The molecule has 2 aliphatic heterocycles. The van der Waals surface area contributed by atoms with E-state index >= 15 is 0 Å². The molecule has 0 aromatic carbocycles. The first-order valence-electron chi connectivity index (χ1n) is 7.29. The van der Waals surface area contributed by atoms with E-state index in [-0.39, 0.29) is 17.4 Å². The molecule has 3 rings (SSSR count). The van der Waals surface area contributed by atoms with E-state index < -0.39 is 15.8 Å². The number of nitrogens with zero attached hydrogens (tertiary/aromatic N) is 3. The summed E-state index contributed by atoms with van der Waals surface area (Å²) in [5, 5.41) is 13.5. The van der Waals surface area contributed by atoms with Crippen molar-refractivity contribution in [3.8, 4) is 0 Å². The minimum atomic E-state index is -2.84. The number of rotatable bonds is 3. The molecular weight excluding hydrogens is 294 g/mol. The van der Waals surface area contributed by atoms with E-state index in [1.807, 2.05) is 0 Å². The summed E-state index contributed by atoms with van der Waals surface area (Å²) in [7, 11) is -2.84. The van der Waals surface area contributed by atoms with E-state index in [1.165, 1.54) is 0 Å². The lowest BCUT2D eigenvalue weighted by atomic mass is 9.99.